The van der Waals surface area contributed by atoms with E-state index in [-0.39, 0.29) is 11.9 Å². The number of fused-ring (bicyclic) bond motifs is 1. The topological polar surface area (TPSA) is 69.0 Å². The molecule has 1 unspecified atom stereocenters. The minimum atomic E-state index is 0.0775. The third-order valence-electron chi connectivity index (χ3n) is 6.00. The summed E-state index contributed by atoms with van der Waals surface area (Å²) in [7, 11) is 3.49. The summed E-state index contributed by atoms with van der Waals surface area (Å²) < 4.78 is 7.19. The number of rotatable bonds is 9. The maximum Gasteiger partial charge on any atom is 0.242 e. The summed E-state index contributed by atoms with van der Waals surface area (Å²) in [6, 6.07) is 4.25. The average molecular weight is 429 g/mol. The van der Waals surface area contributed by atoms with Gasteiger partial charge in [-0.3, -0.25) is 4.79 Å². The summed E-state index contributed by atoms with van der Waals surface area (Å²) in [5, 5.41) is 10.7. The molecule has 3 heterocycles. The van der Waals surface area contributed by atoms with Crippen molar-refractivity contribution in [3.05, 3.63) is 39.2 Å². The van der Waals surface area contributed by atoms with Crippen LogP contribution in [0.15, 0.2) is 17.5 Å². The molecule has 0 aromatic carbocycles. The maximum atomic E-state index is 12.9. The second-order valence-corrected chi connectivity index (χ2v) is 8.75. The number of nitrogens with zero attached hydrogens (tertiary/aromatic N) is 3. The van der Waals surface area contributed by atoms with Crippen molar-refractivity contribution < 1.29 is 9.53 Å². The van der Waals surface area contributed by atoms with E-state index in [2.05, 4.69) is 48.7 Å². The lowest BCUT2D eigenvalue weighted by atomic mass is 9.92. The highest BCUT2D eigenvalue weighted by molar-refractivity contribution is 7.10. The van der Waals surface area contributed by atoms with Gasteiger partial charge in [0.25, 0.3) is 0 Å². The number of ether oxygens (including phenoxy) is 1. The third-order valence-corrected chi connectivity index (χ3v) is 6.96. The van der Waals surface area contributed by atoms with Crippen molar-refractivity contribution in [1.82, 2.24) is 20.1 Å². The maximum absolute atomic E-state index is 12.9. The van der Waals surface area contributed by atoms with Crippen LogP contribution in [0.4, 0.5) is 0 Å². The highest BCUT2D eigenvalue weighted by atomic mass is 32.1. The predicted octanol–water partition coefficient (Wildman–Crippen LogP) is 4.88. The minimum Gasteiger partial charge on any atom is -0.479 e. The number of thiophene rings is 1. The van der Waals surface area contributed by atoms with Gasteiger partial charge in [0.05, 0.1) is 18.5 Å². The molecule has 6 nitrogen and oxygen atoms in total. The van der Waals surface area contributed by atoms with Crippen LogP contribution in [-0.2, 0) is 18.3 Å². The fraction of sp³-hybridized carbons (Fsp3) is 0.522. The highest BCUT2D eigenvalue weighted by Gasteiger charge is 2.24. The van der Waals surface area contributed by atoms with E-state index in [4.69, 9.17) is 9.72 Å². The van der Waals surface area contributed by atoms with Crippen LogP contribution >= 0.6 is 11.3 Å². The molecule has 0 aliphatic rings. The Hall–Kier alpha value is -2.41. The Morgan fingerprint density at radius 3 is 2.63 bits per heavy atom. The SMILES string of the molecule is CCC(CC)C(NC(=O)CCc1c(C)nc2c(c(OC)nn2C)c1C)c1cccs1. The number of amides is 1. The Morgan fingerprint density at radius 2 is 2.03 bits per heavy atom. The van der Waals surface area contributed by atoms with E-state index in [0.717, 1.165) is 40.7 Å². The van der Waals surface area contributed by atoms with Crippen LogP contribution in [0.3, 0.4) is 0 Å². The van der Waals surface area contributed by atoms with E-state index in [1.807, 2.05) is 14.0 Å². The lowest BCUT2D eigenvalue weighted by molar-refractivity contribution is -0.122. The Bertz CT molecular complexity index is 1010. The second-order valence-electron chi connectivity index (χ2n) is 7.77. The van der Waals surface area contributed by atoms with Gasteiger partial charge in [-0.05, 0) is 48.8 Å². The molecule has 3 aromatic rings. The molecule has 3 aromatic heterocycles. The Kier molecular flexibility index (Phi) is 7.13. The van der Waals surface area contributed by atoms with Crippen molar-refractivity contribution in [2.24, 2.45) is 13.0 Å². The Morgan fingerprint density at radius 1 is 1.30 bits per heavy atom. The Labute approximate surface area is 182 Å². The zero-order valence-electron chi connectivity index (χ0n) is 18.8. The molecule has 0 fully saturated rings. The first-order chi connectivity index (χ1) is 14.4. The molecule has 1 amide bonds. The predicted molar refractivity (Wildman–Crippen MR) is 122 cm³/mol. The fourth-order valence-corrected chi connectivity index (χ4v) is 5.11. The van der Waals surface area contributed by atoms with E-state index in [1.54, 1.807) is 23.1 Å². The van der Waals surface area contributed by atoms with Gasteiger partial charge in [0.15, 0.2) is 5.65 Å². The van der Waals surface area contributed by atoms with Crippen LogP contribution in [-0.4, -0.2) is 27.8 Å². The zero-order chi connectivity index (χ0) is 21.8. The molecular formula is C23H32N4O2S. The van der Waals surface area contributed by atoms with E-state index in [0.29, 0.717) is 24.6 Å². The molecular weight excluding hydrogens is 396 g/mol. The van der Waals surface area contributed by atoms with Gasteiger partial charge in [-0.2, -0.15) is 0 Å². The van der Waals surface area contributed by atoms with Gasteiger partial charge in [-0.15, -0.1) is 16.4 Å². The number of pyridine rings is 1. The molecule has 1 atom stereocenters. The van der Waals surface area contributed by atoms with E-state index >= 15 is 0 Å². The van der Waals surface area contributed by atoms with E-state index in [1.165, 1.54) is 4.88 Å². The number of carbonyl (C=O) groups is 1. The molecule has 0 bridgehead atoms. The van der Waals surface area contributed by atoms with Crippen LogP contribution in [0.2, 0.25) is 0 Å². The number of aryl methyl sites for hydroxylation is 3. The van der Waals surface area contributed by atoms with Crippen LogP contribution < -0.4 is 10.1 Å². The van der Waals surface area contributed by atoms with Gasteiger partial charge in [-0.1, -0.05) is 32.8 Å². The van der Waals surface area contributed by atoms with Crippen molar-refractivity contribution in [3.8, 4) is 5.88 Å². The second kappa shape index (κ2) is 9.60. The summed E-state index contributed by atoms with van der Waals surface area (Å²) in [4.78, 5) is 18.9. The van der Waals surface area contributed by atoms with E-state index in [9.17, 15) is 4.79 Å². The van der Waals surface area contributed by atoms with Crippen LogP contribution in [0, 0.1) is 19.8 Å². The molecule has 3 rings (SSSR count). The molecule has 162 valence electrons. The first kappa shape index (κ1) is 22.3. The number of aromatic nitrogens is 3. The van der Waals surface area contributed by atoms with Gasteiger partial charge < -0.3 is 10.1 Å². The van der Waals surface area contributed by atoms with Crippen molar-refractivity contribution in [3.63, 3.8) is 0 Å². The summed E-state index contributed by atoms with van der Waals surface area (Å²) in [5.41, 5.74) is 3.93. The summed E-state index contributed by atoms with van der Waals surface area (Å²) in [6.07, 6.45) is 3.15. The number of hydrogen-bond acceptors (Lipinski definition) is 5. The van der Waals surface area contributed by atoms with Gasteiger partial charge in [-0.25, -0.2) is 9.67 Å². The average Bonchev–Trinajstić information content (AvgIpc) is 3.36. The van der Waals surface area contributed by atoms with Gasteiger partial charge in [0, 0.05) is 24.0 Å². The van der Waals surface area contributed by atoms with Crippen molar-refractivity contribution in [2.75, 3.05) is 7.11 Å². The van der Waals surface area contributed by atoms with Crippen LogP contribution in [0.5, 0.6) is 5.88 Å². The first-order valence-electron chi connectivity index (χ1n) is 10.6. The largest absolute Gasteiger partial charge is 0.479 e. The highest BCUT2D eigenvalue weighted by Crippen LogP contribution is 2.32. The van der Waals surface area contributed by atoms with Crippen LogP contribution in [0.25, 0.3) is 11.0 Å². The molecule has 30 heavy (non-hydrogen) atoms. The zero-order valence-corrected chi connectivity index (χ0v) is 19.6. The van der Waals surface area contributed by atoms with Gasteiger partial charge >= 0.3 is 0 Å². The third kappa shape index (κ3) is 4.36. The standard InChI is InChI=1S/C23H32N4O2S/c1-7-16(8-2)21(18-10-9-13-30-18)25-19(28)12-11-17-14(3)20-22(24-15(17)4)27(5)26-23(20)29-6/h9-10,13,16,21H,7-8,11-12H2,1-6H3,(H,25,28). The van der Waals surface area contributed by atoms with E-state index < -0.39 is 0 Å². The van der Waals surface area contributed by atoms with Crippen molar-refractivity contribution >= 4 is 28.3 Å². The van der Waals surface area contributed by atoms with Gasteiger partial charge in [0.2, 0.25) is 11.8 Å². The normalized spacial score (nSPS) is 12.5. The Balaban J connectivity index is 1.79. The fourth-order valence-electron chi connectivity index (χ4n) is 4.24. The monoisotopic (exact) mass is 428 g/mol. The minimum absolute atomic E-state index is 0.0775. The van der Waals surface area contributed by atoms with Crippen LogP contribution in [0.1, 0.15) is 60.8 Å². The number of hydrogen-bond donors (Lipinski definition) is 1. The molecule has 0 aliphatic carbocycles. The first-order valence-corrected chi connectivity index (χ1v) is 11.5. The van der Waals surface area contributed by atoms with Crippen molar-refractivity contribution in [1.29, 1.82) is 0 Å². The summed E-state index contributed by atoms with van der Waals surface area (Å²) in [5.74, 6) is 1.10. The molecule has 0 radical (unpaired) electrons. The van der Waals surface area contributed by atoms with Crippen molar-refractivity contribution in [2.45, 2.75) is 59.4 Å². The molecule has 1 N–H and O–H groups in total. The number of nitrogens with one attached hydrogen (secondary N) is 1. The summed E-state index contributed by atoms with van der Waals surface area (Å²) in [6.45, 7) is 8.44. The molecule has 0 spiro atoms. The number of methoxy groups -OCH3 is 1. The molecule has 7 heteroatoms. The quantitative estimate of drug-likeness (QED) is 0.527. The smallest absolute Gasteiger partial charge is 0.242 e. The molecule has 0 saturated heterocycles. The molecule has 0 saturated carbocycles. The lowest BCUT2D eigenvalue weighted by Gasteiger charge is -2.25. The lowest BCUT2D eigenvalue weighted by Crippen LogP contribution is -2.33. The molecule has 0 aliphatic heterocycles. The number of carbonyl (C=O) groups excluding carboxylic acids is 1. The summed E-state index contributed by atoms with van der Waals surface area (Å²) >= 11 is 1.71. The van der Waals surface area contributed by atoms with Gasteiger partial charge in [0.1, 0.15) is 0 Å².